The van der Waals surface area contributed by atoms with Gasteiger partial charge >= 0.3 is 6.09 Å². The minimum absolute atomic E-state index is 0.188. The molecule has 1 heterocycles. The van der Waals surface area contributed by atoms with Gasteiger partial charge in [0.2, 0.25) is 0 Å². The second kappa shape index (κ2) is 6.80. The molecule has 1 aromatic carbocycles. The average molecular weight is 303 g/mol. The van der Waals surface area contributed by atoms with E-state index in [4.69, 9.17) is 15.1 Å². The summed E-state index contributed by atoms with van der Waals surface area (Å²) < 4.78 is 5.24. The maximum atomic E-state index is 11.8. The zero-order chi connectivity index (χ0) is 16.1. The van der Waals surface area contributed by atoms with E-state index >= 15 is 0 Å². The van der Waals surface area contributed by atoms with Gasteiger partial charge in [-0.25, -0.2) is 4.79 Å². The van der Waals surface area contributed by atoms with Crippen LogP contribution in [0.25, 0.3) is 0 Å². The fraction of sp³-hybridized carbons (Fsp3) is 0.400. The lowest BCUT2D eigenvalue weighted by Gasteiger charge is -2.34. The Morgan fingerprint density at radius 1 is 1.32 bits per heavy atom. The van der Waals surface area contributed by atoms with Gasteiger partial charge in [-0.2, -0.15) is 5.26 Å². The average Bonchev–Trinajstić information content (AvgIpc) is 2.54. The molecular weight excluding hydrogens is 286 g/mol. The van der Waals surface area contributed by atoms with Crippen LogP contribution in [0.2, 0.25) is 0 Å². The number of ether oxygens (including phenoxy) is 1. The van der Waals surface area contributed by atoms with Crippen molar-refractivity contribution in [2.24, 2.45) is 0 Å². The molecule has 0 atom stereocenters. The summed E-state index contributed by atoms with van der Waals surface area (Å²) in [4.78, 5) is 26.2. The number of Topliss-reactive ketones (excluding diaryl/α,β-unsaturated/α-hetero) is 1. The van der Waals surface area contributed by atoms with E-state index in [0.717, 1.165) is 5.69 Å². The summed E-state index contributed by atoms with van der Waals surface area (Å²) in [5, 5.41) is 17.6. The predicted molar refractivity (Wildman–Crippen MR) is 79.4 cm³/mol. The highest BCUT2D eigenvalue weighted by Crippen LogP contribution is 2.27. The quantitative estimate of drug-likeness (QED) is 0.849. The number of piperazine rings is 1. The molecule has 2 rings (SSSR count). The van der Waals surface area contributed by atoms with Crippen LogP contribution in [0.15, 0.2) is 18.2 Å². The van der Waals surface area contributed by atoms with Gasteiger partial charge in [-0.15, -0.1) is 0 Å². The Bertz CT molecular complexity index is 616. The van der Waals surface area contributed by atoms with Gasteiger partial charge in [0.05, 0.1) is 25.2 Å². The van der Waals surface area contributed by atoms with E-state index in [2.05, 4.69) is 0 Å². The van der Waals surface area contributed by atoms with Crippen molar-refractivity contribution in [2.45, 2.75) is 6.42 Å². The standard InChI is InChI=1S/C15H17N3O4/c1-22-14-10-11(2-3-12(14)13(19)4-5-16)17-6-8-18(9-7-17)15(20)21/h2-3,10H,4,6-9H2,1H3,(H,20,21). The molecule has 0 aromatic heterocycles. The minimum Gasteiger partial charge on any atom is -0.496 e. The maximum Gasteiger partial charge on any atom is 0.407 e. The molecule has 1 aliphatic rings. The number of anilines is 1. The molecule has 0 unspecified atom stereocenters. The van der Waals surface area contributed by atoms with Crippen LogP contribution in [0.3, 0.4) is 0 Å². The molecule has 7 nitrogen and oxygen atoms in total. The number of nitriles is 1. The number of hydrogen-bond donors (Lipinski definition) is 1. The van der Waals surface area contributed by atoms with Crippen LogP contribution < -0.4 is 9.64 Å². The van der Waals surface area contributed by atoms with Gasteiger partial charge in [-0.3, -0.25) is 4.79 Å². The van der Waals surface area contributed by atoms with Crippen LogP contribution in [0.4, 0.5) is 10.5 Å². The summed E-state index contributed by atoms with van der Waals surface area (Å²) in [5.74, 6) is 0.153. The summed E-state index contributed by atoms with van der Waals surface area (Å²) in [7, 11) is 1.48. The summed E-state index contributed by atoms with van der Waals surface area (Å²) in [5.41, 5.74) is 1.26. The largest absolute Gasteiger partial charge is 0.496 e. The molecule has 116 valence electrons. The van der Waals surface area contributed by atoms with Crippen molar-refractivity contribution in [3.05, 3.63) is 23.8 Å². The van der Waals surface area contributed by atoms with Crippen LogP contribution >= 0.6 is 0 Å². The lowest BCUT2D eigenvalue weighted by molar-refractivity contribution is 0.0994. The molecule has 0 saturated carbocycles. The highest BCUT2D eigenvalue weighted by molar-refractivity contribution is 6.00. The SMILES string of the molecule is COc1cc(N2CCN(C(=O)O)CC2)ccc1C(=O)CC#N. The van der Waals surface area contributed by atoms with Crippen LogP contribution in [0, 0.1) is 11.3 Å². The van der Waals surface area contributed by atoms with Gasteiger partial charge in [0, 0.05) is 37.9 Å². The third-order valence-electron chi connectivity index (χ3n) is 3.64. The zero-order valence-corrected chi connectivity index (χ0v) is 12.3. The molecule has 1 saturated heterocycles. The Balaban J connectivity index is 2.15. The van der Waals surface area contributed by atoms with Crippen molar-refractivity contribution < 1.29 is 19.4 Å². The summed E-state index contributed by atoms with van der Waals surface area (Å²) in [6.45, 7) is 2.04. The van der Waals surface area contributed by atoms with Gasteiger partial charge in [0.15, 0.2) is 5.78 Å². The second-order valence-corrected chi connectivity index (χ2v) is 4.90. The van der Waals surface area contributed by atoms with E-state index in [0.29, 0.717) is 37.5 Å². The highest BCUT2D eigenvalue weighted by atomic mass is 16.5. The Morgan fingerprint density at radius 2 is 2.00 bits per heavy atom. The van der Waals surface area contributed by atoms with Crippen molar-refractivity contribution >= 4 is 17.6 Å². The van der Waals surface area contributed by atoms with Gasteiger partial charge in [-0.1, -0.05) is 0 Å². The molecule has 1 aromatic rings. The van der Waals surface area contributed by atoms with Crippen molar-refractivity contribution in [1.29, 1.82) is 5.26 Å². The lowest BCUT2D eigenvalue weighted by Crippen LogP contribution is -2.48. The third-order valence-corrected chi connectivity index (χ3v) is 3.64. The number of nitrogens with zero attached hydrogens (tertiary/aromatic N) is 3. The summed E-state index contributed by atoms with van der Waals surface area (Å²) in [6, 6.07) is 7.03. The molecule has 0 radical (unpaired) electrons. The van der Waals surface area contributed by atoms with Crippen LogP contribution in [0.1, 0.15) is 16.8 Å². The Hall–Kier alpha value is -2.75. The first-order valence-electron chi connectivity index (χ1n) is 6.88. The monoisotopic (exact) mass is 303 g/mol. The number of carbonyl (C=O) groups excluding carboxylic acids is 1. The topological polar surface area (TPSA) is 93.9 Å². The van der Waals surface area contributed by atoms with Gasteiger partial charge in [-0.05, 0) is 12.1 Å². The molecular formula is C15H17N3O4. The third kappa shape index (κ3) is 3.28. The smallest absolute Gasteiger partial charge is 0.407 e. The van der Waals surface area contributed by atoms with E-state index < -0.39 is 6.09 Å². The predicted octanol–water partition coefficient (Wildman–Crippen LogP) is 1.59. The maximum absolute atomic E-state index is 11.8. The van der Waals surface area contributed by atoms with Crippen molar-refractivity contribution in [3.63, 3.8) is 0 Å². The summed E-state index contributed by atoms with van der Waals surface area (Å²) >= 11 is 0. The fourth-order valence-electron chi connectivity index (χ4n) is 2.43. The first kappa shape index (κ1) is 15.6. The molecule has 7 heteroatoms. The molecule has 1 aliphatic heterocycles. The molecule has 0 spiro atoms. The Kier molecular flexibility index (Phi) is 4.84. The summed E-state index contributed by atoms with van der Waals surface area (Å²) in [6.07, 6.45) is -1.10. The Morgan fingerprint density at radius 3 is 2.55 bits per heavy atom. The minimum atomic E-state index is -0.908. The number of ketones is 1. The van der Waals surface area contributed by atoms with Gasteiger partial charge < -0.3 is 19.6 Å². The van der Waals surface area contributed by atoms with Crippen molar-refractivity contribution in [2.75, 3.05) is 38.2 Å². The first-order valence-corrected chi connectivity index (χ1v) is 6.88. The number of benzene rings is 1. The second-order valence-electron chi connectivity index (χ2n) is 4.90. The Labute approximate surface area is 128 Å². The molecule has 0 aliphatic carbocycles. The van der Waals surface area contributed by atoms with Crippen molar-refractivity contribution in [1.82, 2.24) is 4.90 Å². The number of rotatable bonds is 4. The van der Waals surface area contributed by atoms with E-state index in [1.54, 1.807) is 18.2 Å². The van der Waals surface area contributed by atoms with Crippen molar-refractivity contribution in [3.8, 4) is 11.8 Å². The van der Waals surface area contributed by atoms with E-state index in [1.165, 1.54) is 12.0 Å². The highest BCUT2D eigenvalue weighted by Gasteiger charge is 2.22. The lowest BCUT2D eigenvalue weighted by atomic mass is 10.1. The molecule has 22 heavy (non-hydrogen) atoms. The first-order chi connectivity index (χ1) is 10.6. The molecule has 1 fully saturated rings. The fourth-order valence-corrected chi connectivity index (χ4v) is 2.43. The number of methoxy groups -OCH3 is 1. The van der Waals surface area contributed by atoms with Crippen LogP contribution in [-0.4, -0.2) is 55.2 Å². The normalized spacial score (nSPS) is 14.4. The number of hydrogen-bond acceptors (Lipinski definition) is 5. The van der Waals surface area contributed by atoms with E-state index in [9.17, 15) is 9.59 Å². The number of amides is 1. The molecule has 1 N–H and O–H groups in total. The number of carbonyl (C=O) groups is 2. The van der Waals surface area contributed by atoms with Crippen LogP contribution in [-0.2, 0) is 0 Å². The van der Waals surface area contributed by atoms with Crippen LogP contribution in [0.5, 0.6) is 5.75 Å². The zero-order valence-electron chi connectivity index (χ0n) is 12.3. The number of carboxylic acid groups (broad SMARTS) is 1. The van der Waals surface area contributed by atoms with E-state index in [1.807, 2.05) is 11.0 Å². The van der Waals surface area contributed by atoms with Gasteiger partial charge in [0.25, 0.3) is 0 Å². The van der Waals surface area contributed by atoms with E-state index in [-0.39, 0.29) is 12.2 Å². The molecule has 1 amide bonds. The molecule has 0 bridgehead atoms. The van der Waals surface area contributed by atoms with Gasteiger partial charge in [0.1, 0.15) is 5.75 Å².